The van der Waals surface area contributed by atoms with Crippen LogP contribution in [0.25, 0.3) is 0 Å². The van der Waals surface area contributed by atoms with E-state index in [9.17, 15) is 9.90 Å². The zero-order valence-electron chi connectivity index (χ0n) is 16.9. The highest BCUT2D eigenvalue weighted by atomic mass is 16.5. The second kappa shape index (κ2) is 10.1. The smallest absolute Gasteiger partial charge is 0.252 e. The summed E-state index contributed by atoms with van der Waals surface area (Å²) in [5, 5.41) is 23.0. The van der Waals surface area contributed by atoms with E-state index in [1.807, 2.05) is 24.3 Å². The molecule has 2 rings (SSSR count). The van der Waals surface area contributed by atoms with Gasteiger partial charge in [0.1, 0.15) is 11.4 Å². The molecule has 0 spiro atoms. The van der Waals surface area contributed by atoms with Crippen molar-refractivity contribution in [3.8, 4) is 5.75 Å². The van der Waals surface area contributed by atoms with Gasteiger partial charge in [-0.25, -0.2) is 0 Å². The Labute approximate surface area is 163 Å². The van der Waals surface area contributed by atoms with Gasteiger partial charge in [0, 0.05) is 19.6 Å². The maximum absolute atomic E-state index is 12.8. The highest BCUT2D eigenvalue weighted by Crippen LogP contribution is 2.41. The Morgan fingerprint density at radius 3 is 2.78 bits per heavy atom. The van der Waals surface area contributed by atoms with Gasteiger partial charge in [-0.3, -0.25) is 4.79 Å². The lowest BCUT2D eigenvalue weighted by Crippen LogP contribution is -2.56. The fraction of sp³-hybridized carbons (Fsp3) is 0.682. The second-order valence-electron chi connectivity index (χ2n) is 8.20. The molecule has 5 nitrogen and oxygen atoms in total. The van der Waals surface area contributed by atoms with Crippen LogP contribution in [0.2, 0.25) is 0 Å². The predicted octanol–water partition coefficient (Wildman–Crippen LogP) is 2.93. The number of carbonyl (C=O) groups excluding carboxylic acids is 1. The van der Waals surface area contributed by atoms with E-state index in [4.69, 9.17) is 9.84 Å². The Kier molecular flexibility index (Phi) is 8.11. The van der Waals surface area contributed by atoms with Gasteiger partial charge in [0.2, 0.25) is 0 Å². The molecular weight excluding hydrogens is 342 g/mol. The van der Waals surface area contributed by atoms with Crippen molar-refractivity contribution in [3.63, 3.8) is 0 Å². The number of benzene rings is 1. The SMILES string of the molecule is CC(C)[C@@H]1CC[C@@H](C)C[C@@]1(O)C(=O)NCCc1ccccc1OCCCO. The van der Waals surface area contributed by atoms with Crippen LogP contribution in [-0.2, 0) is 11.2 Å². The van der Waals surface area contributed by atoms with Crippen LogP contribution in [0.15, 0.2) is 24.3 Å². The molecule has 0 heterocycles. The summed E-state index contributed by atoms with van der Waals surface area (Å²) >= 11 is 0. The molecule has 3 atom stereocenters. The van der Waals surface area contributed by atoms with E-state index < -0.39 is 5.60 Å². The van der Waals surface area contributed by atoms with Gasteiger partial charge in [0.15, 0.2) is 0 Å². The van der Waals surface area contributed by atoms with Crippen molar-refractivity contribution < 1.29 is 19.7 Å². The first-order chi connectivity index (χ1) is 12.9. The summed E-state index contributed by atoms with van der Waals surface area (Å²) in [6.45, 7) is 7.30. The van der Waals surface area contributed by atoms with Crippen LogP contribution in [0, 0.1) is 17.8 Å². The summed E-state index contributed by atoms with van der Waals surface area (Å²) in [6.07, 6.45) is 3.72. The summed E-state index contributed by atoms with van der Waals surface area (Å²) in [5.74, 6) is 1.17. The molecule has 0 unspecified atom stereocenters. The van der Waals surface area contributed by atoms with E-state index >= 15 is 0 Å². The summed E-state index contributed by atoms with van der Waals surface area (Å²) in [6, 6.07) is 7.74. The predicted molar refractivity (Wildman–Crippen MR) is 107 cm³/mol. The minimum atomic E-state index is -1.27. The molecule has 1 aliphatic carbocycles. The Balaban J connectivity index is 1.95. The number of rotatable bonds is 9. The van der Waals surface area contributed by atoms with Crippen molar-refractivity contribution in [2.75, 3.05) is 19.8 Å². The molecule has 152 valence electrons. The quantitative estimate of drug-likeness (QED) is 0.578. The largest absolute Gasteiger partial charge is 0.493 e. The van der Waals surface area contributed by atoms with Crippen molar-refractivity contribution in [2.24, 2.45) is 17.8 Å². The zero-order valence-corrected chi connectivity index (χ0v) is 16.9. The highest BCUT2D eigenvalue weighted by Gasteiger charge is 2.48. The van der Waals surface area contributed by atoms with E-state index in [-0.39, 0.29) is 24.3 Å². The fourth-order valence-corrected chi connectivity index (χ4v) is 4.20. The maximum atomic E-state index is 12.8. The third kappa shape index (κ3) is 5.69. The number of aliphatic hydroxyl groups excluding tert-OH is 1. The van der Waals surface area contributed by atoms with Gasteiger partial charge in [-0.15, -0.1) is 0 Å². The summed E-state index contributed by atoms with van der Waals surface area (Å²) < 4.78 is 5.71. The number of carbonyl (C=O) groups is 1. The summed E-state index contributed by atoms with van der Waals surface area (Å²) in [5.41, 5.74) is -0.261. The number of ether oxygens (including phenoxy) is 1. The molecule has 1 amide bonds. The van der Waals surface area contributed by atoms with E-state index in [0.29, 0.717) is 38.3 Å². The van der Waals surface area contributed by atoms with Crippen molar-refractivity contribution >= 4 is 5.91 Å². The minimum Gasteiger partial charge on any atom is -0.493 e. The zero-order chi connectivity index (χ0) is 19.9. The van der Waals surface area contributed by atoms with E-state index in [1.54, 1.807) is 0 Å². The van der Waals surface area contributed by atoms with Gasteiger partial charge >= 0.3 is 0 Å². The Hall–Kier alpha value is -1.59. The number of amides is 1. The molecule has 1 aromatic rings. The van der Waals surface area contributed by atoms with Gasteiger partial charge in [-0.1, -0.05) is 45.4 Å². The highest BCUT2D eigenvalue weighted by molar-refractivity contribution is 5.85. The molecule has 5 heteroatoms. The third-order valence-electron chi connectivity index (χ3n) is 5.65. The number of nitrogens with one attached hydrogen (secondary N) is 1. The monoisotopic (exact) mass is 377 g/mol. The molecule has 27 heavy (non-hydrogen) atoms. The Morgan fingerprint density at radius 1 is 1.33 bits per heavy atom. The third-order valence-corrected chi connectivity index (χ3v) is 5.65. The first-order valence-corrected chi connectivity index (χ1v) is 10.2. The average molecular weight is 378 g/mol. The van der Waals surface area contributed by atoms with Gasteiger partial charge in [0.05, 0.1) is 6.61 Å². The van der Waals surface area contributed by atoms with E-state index in [0.717, 1.165) is 24.2 Å². The van der Waals surface area contributed by atoms with Crippen LogP contribution >= 0.6 is 0 Å². The molecule has 0 aliphatic heterocycles. The maximum Gasteiger partial charge on any atom is 0.252 e. The van der Waals surface area contributed by atoms with Crippen LogP contribution in [-0.4, -0.2) is 41.5 Å². The molecule has 1 saturated carbocycles. The lowest BCUT2D eigenvalue weighted by molar-refractivity contribution is -0.155. The number of hydrogen-bond donors (Lipinski definition) is 3. The normalized spacial score (nSPS) is 25.4. The van der Waals surface area contributed by atoms with Crippen molar-refractivity contribution in [3.05, 3.63) is 29.8 Å². The molecule has 1 aliphatic rings. The lowest BCUT2D eigenvalue weighted by atomic mass is 9.66. The number of para-hydroxylation sites is 1. The minimum absolute atomic E-state index is 0.00259. The molecule has 0 bridgehead atoms. The van der Waals surface area contributed by atoms with Gasteiger partial charge in [0.25, 0.3) is 5.91 Å². The van der Waals surface area contributed by atoms with Crippen LogP contribution in [0.4, 0.5) is 0 Å². The molecular formula is C22H35NO4. The molecule has 0 saturated heterocycles. The average Bonchev–Trinajstić information content (AvgIpc) is 2.62. The number of hydrogen-bond acceptors (Lipinski definition) is 4. The van der Waals surface area contributed by atoms with E-state index in [1.165, 1.54) is 0 Å². The van der Waals surface area contributed by atoms with Crippen LogP contribution < -0.4 is 10.1 Å². The van der Waals surface area contributed by atoms with Gasteiger partial charge in [-0.2, -0.15) is 0 Å². The molecule has 3 N–H and O–H groups in total. The van der Waals surface area contributed by atoms with Crippen molar-refractivity contribution in [1.82, 2.24) is 5.32 Å². The standard InChI is InChI=1S/C22H35NO4/c1-16(2)19-10-9-17(3)15-22(19,26)21(25)23-12-11-18-7-4-5-8-20(18)27-14-6-13-24/h4-5,7-8,16-17,19,24,26H,6,9-15H2,1-3H3,(H,23,25)/t17-,19+,22+/m1/s1. The van der Waals surface area contributed by atoms with Crippen molar-refractivity contribution in [1.29, 1.82) is 0 Å². The fourth-order valence-electron chi connectivity index (χ4n) is 4.20. The first-order valence-electron chi connectivity index (χ1n) is 10.2. The van der Waals surface area contributed by atoms with Crippen molar-refractivity contribution in [2.45, 2.75) is 58.5 Å². The van der Waals surface area contributed by atoms with E-state index in [2.05, 4.69) is 26.1 Å². The van der Waals surface area contributed by atoms with Gasteiger partial charge < -0.3 is 20.3 Å². The number of aliphatic hydroxyl groups is 2. The molecule has 1 fully saturated rings. The Morgan fingerprint density at radius 2 is 2.07 bits per heavy atom. The summed E-state index contributed by atoms with van der Waals surface area (Å²) in [4.78, 5) is 12.8. The second-order valence-corrected chi connectivity index (χ2v) is 8.20. The Bertz CT molecular complexity index is 604. The topological polar surface area (TPSA) is 78.8 Å². The lowest BCUT2D eigenvalue weighted by Gasteiger charge is -2.43. The van der Waals surface area contributed by atoms with Crippen LogP contribution in [0.1, 0.15) is 52.0 Å². The first kappa shape index (κ1) is 21.7. The molecule has 0 aromatic heterocycles. The molecule has 1 aromatic carbocycles. The van der Waals surface area contributed by atoms with Crippen LogP contribution in [0.5, 0.6) is 5.75 Å². The molecule has 0 radical (unpaired) electrons. The van der Waals surface area contributed by atoms with Gasteiger partial charge in [-0.05, 0) is 48.6 Å². The summed E-state index contributed by atoms with van der Waals surface area (Å²) in [7, 11) is 0. The van der Waals surface area contributed by atoms with Crippen LogP contribution in [0.3, 0.4) is 0 Å².